The first kappa shape index (κ1) is 17.4. The molecule has 4 heteroatoms. The largest absolute Gasteiger partial charge is 0.363 e. The number of fused-ring (bicyclic) bond motifs is 1. The van der Waals surface area contributed by atoms with E-state index in [2.05, 4.69) is 47.7 Å². The molecule has 1 N–H and O–H groups in total. The molecule has 0 saturated heterocycles. The molecule has 3 aromatic carbocycles. The van der Waals surface area contributed by atoms with Crippen LogP contribution in [0.4, 0.5) is 11.4 Å². The average Bonchev–Trinajstić information content (AvgIpc) is 3.00. The number of amides is 1. The molecule has 0 saturated carbocycles. The maximum atomic E-state index is 13.7. The molecule has 5 rings (SSSR count). The summed E-state index contributed by atoms with van der Waals surface area (Å²) in [4.78, 5) is 13.7. The first-order chi connectivity index (χ1) is 14.1. The van der Waals surface area contributed by atoms with Crippen LogP contribution in [0.25, 0.3) is 5.57 Å². The number of benzene rings is 3. The van der Waals surface area contributed by atoms with Crippen molar-refractivity contribution in [2.24, 2.45) is 5.10 Å². The van der Waals surface area contributed by atoms with Crippen molar-refractivity contribution in [3.8, 4) is 0 Å². The van der Waals surface area contributed by atoms with Gasteiger partial charge in [0.25, 0.3) is 5.91 Å². The third-order valence-electron chi connectivity index (χ3n) is 5.68. The fourth-order valence-corrected chi connectivity index (χ4v) is 4.09. The lowest BCUT2D eigenvalue weighted by Crippen LogP contribution is -2.52. The highest BCUT2D eigenvalue weighted by molar-refractivity contribution is 6.27. The van der Waals surface area contributed by atoms with Crippen LogP contribution in [0, 0.1) is 6.92 Å². The number of aryl methyl sites for hydroxylation is 1. The second-order valence-corrected chi connectivity index (χ2v) is 7.49. The summed E-state index contributed by atoms with van der Waals surface area (Å²) < 4.78 is 0. The van der Waals surface area contributed by atoms with Gasteiger partial charge in [0.2, 0.25) is 0 Å². The number of nitrogens with zero attached hydrogens (tertiary/aromatic N) is 2. The van der Waals surface area contributed by atoms with Crippen molar-refractivity contribution in [1.82, 2.24) is 0 Å². The minimum absolute atomic E-state index is 0.0939. The van der Waals surface area contributed by atoms with Gasteiger partial charge in [-0.2, -0.15) is 10.1 Å². The second-order valence-electron chi connectivity index (χ2n) is 7.49. The van der Waals surface area contributed by atoms with Gasteiger partial charge in [0.1, 0.15) is 0 Å². The Morgan fingerprint density at radius 3 is 2.28 bits per heavy atom. The monoisotopic (exact) mass is 379 g/mol. The Labute approximate surface area is 170 Å². The minimum atomic E-state index is -1.000. The van der Waals surface area contributed by atoms with E-state index >= 15 is 0 Å². The Balaban J connectivity index is 1.71. The van der Waals surface area contributed by atoms with Crippen molar-refractivity contribution in [2.45, 2.75) is 19.4 Å². The summed E-state index contributed by atoms with van der Waals surface area (Å²) >= 11 is 0. The Kier molecular flexibility index (Phi) is 3.88. The van der Waals surface area contributed by atoms with E-state index in [4.69, 9.17) is 0 Å². The van der Waals surface area contributed by atoms with Crippen molar-refractivity contribution in [1.29, 1.82) is 0 Å². The smallest absolute Gasteiger partial charge is 0.283 e. The minimum Gasteiger partial charge on any atom is -0.363 e. The summed E-state index contributed by atoms with van der Waals surface area (Å²) in [5, 5.41) is 9.69. The first-order valence-corrected chi connectivity index (χ1v) is 9.72. The van der Waals surface area contributed by atoms with E-state index in [9.17, 15) is 4.79 Å². The van der Waals surface area contributed by atoms with Crippen LogP contribution in [0.2, 0.25) is 0 Å². The van der Waals surface area contributed by atoms with Crippen LogP contribution >= 0.6 is 0 Å². The van der Waals surface area contributed by atoms with Gasteiger partial charge >= 0.3 is 0 Å². The molecular formula is C25H21N3O. The third-order valence-corrected chi connectivity index (χ3v) is 5.68. The summed E-state index contributed by atoms with van der Waals surface area (Å²) in [6.45, 7) is 3.98. The first-order valence-electron chi connectivity index (χ1n) is 9.72. The van der Waals surface area contributed by atoms with E-state index in [1.54, 1.807) is 0 Å². The zero-order valence-electron chi connectivity index (χ0n) is 16.4. The van der Waals surface area contributed by atoms with Crippen LogP contribution in [-0.2, 0) is 4.79 Å². The molecule has 1 unspecified atom stereocenters. The Bertz CT molecular complexity index is 1170. The summed E-state index contributed by atoms with van der Waals surface area (Å²) in [7, 11) is 0. The molecule has 0 aliphatic carbocycles. The SMILES string of the molecule is CC1=NN(c2ccccc2)C(=O)C12C=C(c1ccccc1)c1cccc(C)c1N2. The zero-order valence-corrected chi connectivity index (χ0v) is 16.4. The van der Waals surface area contributed by atoms with Gasteiger partial charge in [-0.05, 0) is 48.8 Å². The van der Waals surface area contributed by atoms with Crippen molar-refractivity contribution >= 4 is 28.6 Å². The number of carbonyl (C=O) groups is 1. The van der Waals surface area contributed by atoms with Gasteiger partial charge < -0.3 is 5.32 Å². The highest BCUT2D eigenvalue weighted by Gasteiger charge is 2.50. The molecule has 1 amide bonds. The quantitative estimate of drug-likeness (QED) is 0.680. The molecule has 0 fully saturated rings. The van der Waals surface area contributed by atoms with Gasteiger partial charge in [0.05, 0.1) is 11.4 Å². The molecule has 0 bridgehead atoms. The molecule has 1 spiro atoms. The molecule has 0 aromatic heterocycles. The van der Waals surface area contributed by atoms with Crippen LogP contribution in [0.3, 0.4) is 0 Å². The molecule has 3 aromatic rings. The lowest BCUT2D eigenvalue weighted by molar-refractivity contribution is -0.119. The zero-order chi connectivity index (χ0) is 20.0. The topological polar surface area (TPSA) is 44.7 Å². The second kappa shape index (κ2) is 6.45. The summed E-state index contributed by atoms with van der Waals surface area (Å²) in [5.41, 5.74) is 5.80. The highest BCUT2D eigenvalue weighted by atomic mass is 16.2. The molecule has 2 aliphatic rings. The van der Waals surface area contributed by atoms with E-state index in [-0.39, 0.29) is 5.91 Å². The Morgan fingerprint density at radius 2 is 1.55 bits per heavy atom. The van der Waals surface area contributed by atoms with Gasteiger partial charge in [-0.1, -0.05) is 66.7 Å². The summed E-state index contributed by atoms with van der Waals surface area (Å²) in [6.07, 6.45) is 2.04. The molecule has 142 valence electrons. The maximum Gasteiger partial charge on any atom is 0.283 e. The fraction of sp³-hybridized carbons (Fsp3) is 0.120. The van der Waals surface area contributed by atoms with E-state index in [1.807, 2.05) is 61.5 Å². The predicted octanol–water partition coefficient (Wildman–Crippen LogP) is 5.01. The van der Waals surface area contributed by atoms with Crippen molar-refractivity contribution in [3.63, 3.8) is 0 Å². The van der Waals surface area contributed by atoms with E-state index in [0.29, 0.717) is 0 Å². The summed E-state index contributed by atoms with van der Waals surface area (Å²) in [6, 6.07) is 26.0. The fourth-order valence-electron chi connectivity index (χ4n) is 4.09. The standard InChI is InChI=1S/C25H21N3O/c1-17-10-9-15-21-22(19-11-5-3-6-12-19)16-25(26-23(17)21)18(2)27-28(24(25)29)20-13-7-4-8-14-20/h3-16,26H,1-2H3. The summed E-state index contributed by atoms with van der Waals surface area (Å²) in [5.74, 6) is -0.0939. The van der Waals surface area contributed by atoms with E-state index in [1.165, 1.54) is 5.01 Å². The van der Waals surface area contributed by atoms with Gasteiger partial charge in [-0.3, -0.25) is 4.79 Å². The number of hydrogen-bond acceptors (Lipinski definition) is 3. The van der Waals surface area contributed by atoms with Crippen LogP contribution in [0.5, 0.6) is 0 Å². The van der Waals surface area contributed by atoms with Crippen molar-refractivity contribution in [2.75, 3.05) is 10.3 Å². The van der Waals surface area contributed by atoms with Gasteiger partial charge in [0.15, 0.2) is 5.54 Å². The average molecular weight is 379 g/mol. The Hall–Kier alpha value is -3.66. The third kappa shape index (κ3) is 2.60. The van der Waals surface area contributed by atoms with E-state index < -0.39 is 5.54 Å². The lowest BCUT2D eigenvalue weighted by Gasteiger charge is -2.35. The number of nitrogens with one attached hydrogen (secondary N) is 1. The number of hydrazone groups is 1. The predicted molar refractivity (Wildman–Crippen MR) is 118 cm³/mol. The van der Waals surface area contributed by atoms with Crippen LogP contribution in [0.1, 0.15) is 23.6 Å². The highest BCUT2D eigenvalue weighted by Crippen LogP contribution is 2.42. The van der Waals surface area contributed by atoms with E-state index in [0.717, 1.165) is 39.3 Å². The molecular weight excluding hydrogens is 358 g/mol. The number of para-hydroxylation sites is 2. The number of carbonyl (C=O) groups excluding carboxylic acids is 1. The van der Waals surface area contributed by atoms with Crippen molar-refractivity contribution < 1.29 is 4.79 Å². The number of rotatable bonds is 2. The Morgan fingerprint density at radius 1 is 0.862 bits per heavy atom. The molecule has 2 aliphatic heterocycles. The molecule has 4 nitrogen and oxygen atoms in total. The van der Waals surface area contributed by atoms with Gasteiger partial charge in [-0.15, -0.1) is 0 Å². The lowest BCUT2D eigenvalue weighted by atomic mass is 9.81. The normalized spacial score (nSPS) is 20.2. The van der Waals surface area contributed by atoms with Gasteiger partial charge in [0, 0.05) is 11.3 Å². The molecule has 0 radical (unpaired) electrons. The van der Waals surface area contributed by atoms with Crippen LogP contribution < -0.4 is 10.3 Å². The van der Waals surface area contributed by atoms with Gasteiger partial charge in [-0.25, -0.2) is 0 Å². The molecule has 1 atom stereocenters. The van der Waals surface area contributed by atoms with Crippen LogP contribution in [-0.4, -0.2) is 17.2 Å². The number of hydrogen-bond donors (Lipinski definition) is 1. The molecule has 29 heavy (non-hydrogen) atoms. The molecule has 2 heterocycles. The van der Waals surface area contributed by atoms with Crippen LogP contribution in [0.15, 0.2) is 90.0 Å². The maximum absolute atomic E-state index is 13.7. The number of anilines is 2. The van der Waals surface area contributed by atoms with Crippen molar-refractivity contribution in [3.05, 3.63) is 102 Å².